The van der Waals surface area contributed by atoms with Crippen LogP contribution in [0.2, 0.25) is 0 Å². The predicted molar refractivity (Wildman–Crippen MR) is 66.6 cm³/mol. The third kappa shape index (κ3) is 2.88. The molecule has 94 valence electrons. The average Bonchev–Trinajstić information content (AvgIpc) is 2.86. The van der Waals surface area contributed by atoms with E-state index in [1.165, 1.54) is 7.11 Å². The van der Waals surface area contributed by atoms with Gasteiger partial charge in [-0.05, 0) is 30.7 Å². The van der Waals surface area contributed by atoms with Crippen LogP contribution in [0.25, 0.3) is 0 Å². The molecule has 1 aliphatic heterocycles. The monoisotopic (exact) mass is 244 g/mol. The van der Waals surface area contributed by atoms with Crippen molar-refractivity contribution in [1.82, 2.24) is 4.90 Å². The maximum absolute atomic E-state index is 11.4. The maximum atomic E-state index is 11.4. The highest BCUT2D eigenvalue weighted by molar-refractivity contribution is 5.72. The number of rotatable bonds is 3. The van der Waals surface area contributed by atoms with Gasteiger partial charge in [0, 0.05) is 13.1 Å². The number of nitriles is 1. The van der Waals surface area contributed by atoms with E-state index in [9.17, 15) is 4.79 Å². The second-order valence-corrected chi connectivity index (χ2v) is 4.56. The lowest BCUT2D eigenvalue weighted by Crippen LogP contribution is -2.23. The molecule has 0 spiro atoms. The zero-order chi connectivity index (χ0) is 13.0. The van der Waals surface area contributed by atoms with Gasteiger partial charge in [-0.3, -0.25) is 9.69 Å². The Morgan fingerprint density at radius 3 is 3.17 bits per heavy atom. The van der Waals surface area contributed by atoms with Gasteiger partial charge in [-0.25, -0.2) is 0 Å². The zero-order valence-corrected chi connectivity index (χ0v) is 10.4. The molecule has 0 aromatic heterocycles. The van der Waals surface area contributed by atoms with E-state index in [-0.39, 0.29) is 11.9 Å². The highest BCUT2D eigenvalue weighted by Gasteiger charge is 2.28. The van der Waals surface area contributed by atoms with Gasteiger partial charge in [0.1, 0.15) is 0 Å². The fourth-order valence-corrected chi connectivity index (χ4v) is 2.33. The molecule has 1 aliphatic rings. The number of methoxy groups -OCH3 is 1. The molecule has 1 unspecified atom stereocenters. The zero-order valence-electron chi connectivity index (χ0n) is 10.4. The molecule has 1 fully saturated rings. The van der Waals surface area contributed by atoms with Crippen molar-refractivity contribution in [3.8, 4) is 6.07 Å². The van der Waals surface area contributed by atoms with Gasteiger partial charge in [-0.2, -0.15) is 5.26 Å². The molecular weight excluding hydrogens is 228 g/mol. The lowest BCUT2D eigenvalue weighted by Gasteiger charge is -2.15. The number of carbonyl (C=O) groups is 1. The topological polar surface area (TPSA) is 53.3 Å². The van der Waals surface area contributed by atoms with E-state index >= 15 is 0 Å². The van der Waals surface area contributed by atoms with Crippen LogP contribution in [0.5, 0.6) is 0 Å². The summed E-state index contributed by atoms with van der Waals surface area (Å²) >= 11 is 0. The van der Waals surface area contributed by atoms with E-state index in [0.29, 0.717) is 5.56 Å². The number of benzene rings is 1. The minimum absolute atomic E-state index is 0.00542. The molecule has 4 nitrogen and oxygen atoms in total. The summed E-state index contributed by atoms with van der Waals surface area (Å²) in [6, 6.07) is 9.72. The molecule has 4 heteroatoms. The van der Waals surface area contributed by atoms with Crippen molar-refractivity contribution in [1.29, 1.82) is 5.26 Å². The fourth-order valence-electron chi connectivity index (χ4n) is 2.33. The van der Waals surface area contributed by atoms with Crippen LogP contribution in [-0.2, 0) is 16.1 Å². The lowest BCUT2D eigenvalue weighted by molar-refractivity contribution is -0.144. The molecule has 0 N–H and O–H groups in total. The second kappa shape index (κ2) is 5.65. The van der Waals surface area contributed by atoms with Crippen molar-refractivity contribution in [2.45, 2.75) is 13.0 Å². The molecular formula is C14H16N2O2. The molecule has 0 amide bonds. The smallest absolute Gasteiger partial charge is 0.310 e. The number of hydrogen-bond acceptors (Lipinski definition) is 4. The fraction of sp³-hybridized carbons (Fsp3) is 0.429. The SMILES string of the molecule is COC(=O)C1CCN(Cc2cccc(C#N)c2)C1. The van der Waals surface area contributed by atoms with Crippen molar-refractivity contribution < 1.29 is 9.53 Å². The van der Waals surface area contributed by atoms with E-state index in [4.69, 9.17) is 10.00 Å². The van der Waals surface area contributed by atoms with Crippen molar-refractivity contribution in [2.24, 2.45) is 5.92 Å². The van der Waals surface area contributed by atoms with Crippen LogP contribution in [0.4, 0.5) is 0 Å². The van der Waals surface area contributed by atoms with Gasteiger partial charge in [-0.15, -0.1) is 0 Å². The van der Waals surface area contributed by atoms with E-state index in [2.05, 4.69) is 11.0 Å². The third-order valence-corrected chi connectivity index (χ3v) is 3.27. The lowest BCUT2D eigenvalue weighted by atomic mass is 10.1. The van der Waals surface area contributed by atoms with Crippen molar-refractivity contribution in [3.63, 3.8) is 0 Å². The minimum Gasteiger partial charge on any atom is -0.469 e. The minimum atomic E-state index is -0.122. The Labute approximate surface area is 107 Å². The van der Waals surface area contributed by atoms with Gasteiger partial charge in [0.2, 0.25) is 0 Å². The van der Waals surface area contributed by atoms with Crippen LogP contribution in [-0.4, -0.2) is 31.1 Å². The summed E-state index contributed by atoms with van der Waals surface area (Å²) in [7, 11) is 1.43. The number of carbonyl (C=O) groups excluding carboxylic acids is 1. The molecule has 0 aliphatic carbocycles. The molecule has 18 heavy (non-hydrogen) atoms. The molecule has 1 saturated heterocycles. The third-order valence-electron chi connectivity index (χ3n) is 3.27. The highest BCUT2D eigenvalue weighted by Crippen LogP contribution is 2.20. The van der Waals surface area contributed by atoms with Gasteiger partial charge in [-0.1, -0.05) is 12.1 Å². The summed E-state index contributed by atoms with van der Waals surface area (Å²) in [6.07, 6.45) is 0.852. The first-order chi connectivity index (χ1) is 8.72. The van der Waals surface area contributed by atoms with Gasteiger partial charge in [0.05, 0.1) is 24.7 Å². The van der Waals surface area contributed by atoms with Gasteiger partial charge in [0.15, 0.2) is 0 Å². The first-order valence-corrected chi connectivity index (χ1v) is 6.02. The molecule has 0 bridgehead atoms. The van der Waals surface area contributed by atoms with Crippen molar-refractivity contribution >= 4 is 5.97 Å². The summed E-state index contributed by atoms with van der Waals surface area (Å²) in [5.74, 6) is -0.127. The standard InChI is InChI=1S/C14H16N2O2/c1-18-14(17)13-5-6-16(10-13)9-12-4-2-3-11(7-12)8-15/h2-4,7,13H,5-6,9-10H2,1H3. The summed E-state index contributed by atoms with van der Waals surface area (Å²) in [6.45, 7) is 2.42. The number of nitrogens with zero attached hydrogens (tertiary/aromatic N) is 2. The largest absolute Gasteiger partial charge is 0.469 e. The Bertz CT molecular complexity index is 479. The van der Waals surface area contributed by atoms with Crippen LogP contribution in [0.3, 0.4) is 0 Å². The Kier molecular flexibility index (Phi) is 3.96. The Morgan fingerprint density at radius 2 is 2.44 bits per heavy atom. The van der Waals surface area contributed by atoms with Gasteiger partial charge in [0.25, 0.3) is 0 Å². The van der Waals surface area contributed by atoms with Crippen molar-refractivity contribution in [3.05, 3.63) is 35.4 Å². The second-order valence-electron chi connectivity index (χ2n) is 4.56. The van der Waals surface area contributed by atoms with E-state index in [1.54, 1.807) is 6.07 Å². The van der Waals surface area contributed by atoms with Gasteiger partial charge >= 0.3 is 5.97 Å². The number of ether oxygens (including phenoxy) is 1. The quantitative estimate of drug-likeness (QED) is 0.757. The number of hydrogen-bond donors (Lipinski definition) is 0. The van der Waals surface area contributed by atoms with Crippen LogP contribution >= 0.6 is 0 Å². The van der Waals surface area contributed by atoms with Gasteiger partial charge < -0.3 is 4.74 Å². The van der Waals surface area contributed by atoms with E-state index in [0.717, 1.165) is 31.6 Å². The van der Waals surface area contributed by atoms with Crippen molar-refractivity contribution in [2.75, 3.05) is 20.2 Å². The first kappa shape index (κ1) is 12.6. The highest BCUT2D eigenvalue weighted by atomic mass is 16.5. The normalized spacial score (nSPS) is 19.4. The van der Waals surface area contributed by atoms with E-state index in [1.807, 2.05) is 18.2 Å². The van der Waals surface area contributed by atoms with Crippen LogP contribution in [0, 0.1) is 17.2 Å². The molecule has 1 aromatic carbocycles. The summed E-state index contributed by atoms with van der Waals surface area (Å²) in [5, 5.41) is 8.84. The predicted octanol–water partition coefficient (Wildman–Crippen LogP) is 1.55. The molecule has 0 radical (unpaired) electrons. The Balaban J connectivity index is 1.95. The van der Waals surface area contributed by atoms with Crippen LogP contribution in [0.1, 0.15) is 17.5 Å². The molecule has 1 heterocycles. The Morgan fingerprint density at radius 1 is 1.61 bits per heavy atom. The van der Waals surface area contributed by atoms with E-state index < -0.39 is 0 Å². The summed E-state index contributed by atoms with van der Waals surface area (Å²) in [4.78, 5) is 13.6. The molecule has 0 saturated carbocycles. The van der Waals surface area contributed by atoms with Crippen LogP contribution in [0.15, 0.2) is 24.3 Å². The number of esters is 1. The molecule has 1 atom stereocenters. The summed E-state index contributed by atoms with van der Waals surface area (Å²) < 4.78 is 4.76. The summed E-state index contributed by atoms with van der Waals surface area (Å²) in [5.41, 5.74) is 1.79. The maximum Gasteiger partial charge on any atom is 0.310 e. The first-order valence-electron chi connectivity index (χ1n) is 6.02. The Hall–Kier alpha value is -1.86. The average molecular weight is 244 g/mol. The molecule has 2 rings (SSSR count). The van der Waals surface area contributed by atoms with Crippen LogP contribution < -0.4 is 0 Å². The number of likely N-dealkylation sites (tertiary alicyclic amines) is 1. The molecule has 1 aromatic rings.